The number of primary sulfonamides is 1. The number of phenolic OH excluding ortho intramolecular Hbond substituents is 1. The molecular formula is C8H11NO4S. The van der Waals surface area contributed by atoms with Crippen LogP contribution in [0.2, 0.25) is 0 Å². The summed E-state index contributed by atoms with van der Waals surface area (Å²) in [6.07, 6.45) is 0. The van der Waals surface area contributed by atoms with Crippen LogP contribution in [0.1, 0.15) is 10.8 Å². The highest BCUT2D eigenvalue weighted by Gasteiger charge is 2.24. The second-order valence-electron chi connectivity index (χ2n) is 2.82. The fourth-order valence-corrected chi connectivity index (χ4v) is 1.90. The van der Waals surface area contributed by atoms with Gasteiger partial charge in [-0.3, -0.25) is 0 Å². The molecule has 0 heterocycles. The smallest absolute Gasteiger partial charge is 0.218 e. The van der Waals surface area contributed by atoms with Crippen LogP contribution in [0.3, 0.4) is 0 Å². The second-order valence-corrected chi connectivity index (χ2v) is 4.57. The van der Waals surface area contributed by atoms with Gasteiger partial charge < -0.3 is 10.2 Å². The molecule has 4 N–H and O–H groups in total. The molecule has 0 amide bonds. The zero-order valence-corrected chi connectivity index (χ0v) is 8.11. The van der Waals surface area contributed by atoms with Gasteiger partial charge in [-0.2, -0.15) is 0 Å². The lowest BCUT2D eigenvalue weighted by Gasteiger charge is -2.13. The van der Waals surface area contributed by atoms with E-state index in [0.29, 0.717) is 0 Å². The quantitative estimate of drug-likeness (QED) is 0.647. The molecule has 1 atom stereocenters. The van der Waals surface area contributed by atoms with Crippen molar-refractivity contribution in [3.05, 3.63) is 29.8 Å². The summed E-state index contributed by atoms with van der Waals surface area (Å²) in [5.41, 5.74) is 0.109. The summed E-state index contributed by atoms with van der Waals surface area (Å²) < 4.78 is 22.0. The number of para-hydroxylation sites is 1. The Balaban J connectivity index is 3.21. The lowest BCUT2D eigenvalue weighted by Crippen LogP contribution is -2.24. The van der Waals surface area contributed by atoms with Gasteiger partial charge >= 0.3 is 0 Å². The molecule has 0 aliphatic heterocycles. The van der Waals surface area contributed by atoms with Crippen molar-refractivity contribution in [3.8, 4) is 5.75 Å². The van der Waals surface area contributed by atoms with E-state index in [2.05, 4.69) is 0 Å². The van der Waals surface area contributed by atoms with Gasteiger partial charge in [-0.05, 0) is 6.07 Å². The van der Waals surface area contributed by atoms with Crippen molar-refractivity contribution < 1.29 is 18.6 Å². The van der Waals surface area contributed by atoms with E-state index in [1.165, 1.54) is 12.1 Å². The Morgan fingerprint density at radius 1 is 1.36 bits per heavy atom. The molecule has 1 rings (SSSR count). The first-order chi connectivity index (χ1) is 6.46. The van der Waals surface area contributed by atoms with Gasteiger partial charge in [0, 0.05) is 5.56 Å². The number of rotatable bonds is 3. The van der Waals surface area contributed by atoms with Gasteiger partial charge in [-0.25, -0.2) is 13.6 Å². The van der Waals surface area contributed by atoms with Gasteiger partial charge in [0.2, 0.25) is 10.0 Å². The molecule has 0 bridgehead atoms. The molecule has 0 radical (unpaired) electrons. The molecule has 78 valence electrons. The topological polar surface area (TPSA) is 101 Å². The van der Waals surface area contributed by atoms with Crippen LogP contribution in [0, 0.1) is 0 Å². The number of nitrogens with two attached hydrogens (primary N) is 1. The molecule has 0 aromatic heterocycles. The summed E-state index contributed by atoms with van der Waals surface area (Å²) in [4.78, 5) is 0. The van der Waals surface area contributed by atoms with Crippen molar-refractivity contribution in [2.45, 2.75) is 5.25 Å². The number of aromatic hydroxyl groups is 1. The minimum absolute atomic E-state index is 0.109. The van der Waals surface area contributed by atoms with Gasteiger partial charge in [-0.15, -0.1) is 0 Å². The highest BCUT2D eigenvalue weighted by atomic mass is 32.2. The number of phenols is 1. The molecular weight excluding hydrogens is 206 g/mol. The SMILES string of the molecule is NS(=O)(=O)C(CO)c1ccccc1O. The third-order valence-electron chi connectivity index (χ3n) is 1.85. The van der Waals surface area contributed by atoms with Crippen LogP contribution < -0.4 is 5.14 Å². The van der Waals surface area contributed by atoms with Crippen molar-refractivity contribution in [1.29, 1.82) is 0 Å². The number of hydrogen-bond donors (Lipinski definition) is 3. The van der Waals surface area contributed by atoms with Gasteiger partial charge in [0.05, 0.1) is 6.61 Å². The van der Waals surface area contributed by atoms with Crippen LogP contribution in [-0.2, 0) is 10.0 Å². The monoisotopic (exact) mass is 217 g/mol. The summed E-state index contributed by atoms with van der Waals surface area (Å²) in [6.45, 7) is -0.656. The van der Waals surface area contributed by atoms with Crippen molar-refractivity contribution in [2.24, 2.45) is 5.14 Å². The molecule has 5 nitrogen and oxygen atoms in total. The summed E-state index contributed by atoms with van der Waals surface area (Å²) in [6, 6.07) is 5.85. The Morgan fingerprint density at radius 3 is 2.36 bits per heavy atom. The van der Waals surface area contributed by atoms with Crippen molar-refractivity contribution >= 4 is 10.0 Å². The van der Waals surface area contributed by atoms with Crippen molar-refractivity contribution in [1.82, 2.24) is 0 Å². The highest BCUT2D eigenvalue weighted by Crippen LogP contribution is 2.27. The summed E-state index contributed by atoms with van der Waals surface area (Å²) >= 11 is 0. The van der Waals surface area contributed by atoms with Gasteiger partial charge in [0.25, 0.3) is 0 Å². The average Bonchev–Trinajstić information content (AvgIpc) is 2.07. The van der Waals surface area contributed by atoms with Gasteiger partial charge in [0.15, 0.2) is 0 Å². The third-order valence-corrected chi connectivity index (χ3v) is 3.04. The van der Waals surface area contributed by atoms with Gasteiger partial charge in [0.1, 0.15) is 11.0 Å². The highest BCUT2D eigenvalue weighted by molar-refractivity contribution is 7.89. The van der Waals surface area contributed by atoms with E-state index in [9.17, 15) is 13.5 Å². The molecule has 0 spiro atoms. The molecule has 1 aromatic carbocycles. The largest absolute Gasteiger partial charge is 0.508 e. The van der Waals surface area contributed by atoms with Crippen LogP contribution in [0.15, 0.2) is 24.3 Å². The maximum Gasteiger partial charge on any atom is 0.218 e. The minimum atomic E-state index is -3.90. The van der Waals surface area contributed by atoms with Crippen LogP contribution in [0.5, 0.6) is 5.75 Å². The molecule has 0 aliphatic rings. The van der Waals surface area contributed by atoms with E-state index in [-0.39, 0.29) is 11.3 Å². The Labute approximate surface area is 81.9 Å². The Kier molecular flexibility index (Phi) is 3.10. The molecule has 1 unspecified atom stereocenters. The molecule has 6 heteroatoms. The standard InChI is InChI=1S/C8H11NO4S/c9-14(12,13)8(5-10)6-3-1-2-4-7(6)11/h1-4,8,10-11H,5H2,(H2,9,12,13). The number of aliphatic hydroxyl groups is 1. The average molecular weight is 217 g/mol. The van der Waals surface area contributed by atoms with E-state index >= 15 is 0 Å². The number of hydrogen-bond acceptors (Lipinski definition) is 4. The summed E-state index contributed by atoms with van der Waals surface area (Å²) in [5, 5.41) is 21.8. The predicted octanol–water partition coefficient (Wildman–Crippen LogP) is -0.286. The van der Waals surface area contributed by atoms with Crippen molar-refractivity contribution in [2.75, 3.05) is 6.61 Å². The predicted molar refractivity (Wildman–Crippen MR) is 51.0 cm³/mol. The second kappa shape index (κ2) is 3.95. The Morgan fingerprint density at radius 2 is 1.93 bits per heavy atom. The summed E-state index contributed by atoms with van der Waals surface area (Å²) in [5.74, 6) is -0.194. The molecule has 0 saturated heterocycles. The molecule has 0 fully saturated rings. The van der Waals surface area contributed by atoms with Crippen LogP contribution in [0.25, 0.3) is 0 Å². The maximum atomic E-state index is 11.0. The number of sulfonamides is 1. The number of benzene rings is 1. The zero-order chi connectivity index (χ0) is 10.8. The lowest BCUT2D eigenvalue weighted by molar-refractivity contribution is 0.289. The van der Waals surface area contributed by atoms with E-state index in [1.807, 2.05) is 0 Å². The first-order valence-corrected chi connectivity index (χ1v) is 5.48. The maximum absolute atomic E-state index is 11.0. The van der Waals surface area contributed by atoms with E-state index in [4.69, 9.17) is 10.2 Å². The van der Waals surface area contributed by atoms with Gasteiger partial charge in [-0.1, -0.05) is 18.2 Å². The molecule has 14 heavy (non-hydrogen) atoms. The van der Waals surface area contributed by atoms with Crippen LogP contribution >= 0.6 is 0 Å². The van der Waals surface area contributed by atoms with E-state index < -0.39 is 21.9 Å². The Bertz CT molecular complexity index is 415. The lowest BCUT2D eigenvalue weighted by atomic mass is 10.1. The summed E-state index contributed by atoms with van der Waals surface area (Å²) in [7, 11) is -3.90. The molecule has 1 aromatic rings. The number of aliphatic hydroxyl groups excluding tert-OH is 1. The van der Waals surface area contributed by atoms with Crippen LogP contribution in [-0.4, -0.2) is 25.2 Å². The van der Waals surface area contributed by atoms with Crippen LogP contribution in [0.4, 0.5) is 0 Å². The first kappa shape index (κ1) is 11.0. The normalized spacial score (nSPS) is 13.9. The first-order valence-electron chi connectivity index (χ1n) is 3.87. The fraction of sp³-hybridized carbons (Fsp3) is 0.250. The van der Waals surface area contributed by atoms with E-state index in [0.717, 1.165) is 0 Å². The molecule has 0 aliphatic carbocycles. The third kappa shape index (κ3) is 2.22. The van der Waals surface area contributed by atoms with Crippen molar-refractivity contribution in [3.63, 3.8) is 0 Å². The minimum Gasteiger partial charge on any atom is -0.508 e. The zero-order valence-electron chi connectivity index (χ0n) is 7.29. The fourth-order valence-electron chi connectivity index (χ4n) is 1.14. The molecule has 0 saturated carbocycles. The van der Waals surface area contributed by atoms with E-state index in [1.54, 1.807) is 12.1 Å². The Hall–Kier alpha value is -1.11.